The average molecular weight is 332 g/mol. The molecule has 23 heavy (non-hydrogen) atoms. The van der Waals surface area contributed by atoms with Gasteiger partial charge in [0.1, 0.15) is 16.5 Å². The van der Waals surface area contributed by atoms with Crippen molar-refractivity contribution in [2.45, 2.75) is 4.90 Å². The molecule has 0 saturated heterocycles. The van der Waals surface area contributed by atoms with E-state index in [1.807, 2.05) is 0 Å². The third-order valence-corrected chi connectivity index (χ3v) is 4.20. The molecule has 0 unspecified atom stereocenters. The van der Waals surface area contributed by atoms with Crippen LogP contribution >= 0.6 is 0 Å². The molecule has 118 valence electrons. The second kappa shape index (κ2) is 5.49. The SMILES string of the molecule is COc1ccc(-c2nc3ccccc3c(=O)[nH]2)cc1S(=O)(=O)O. The molecule has 1 heterocycles. The molecule has 1 aromatic heterocycles. The Morgan fingerprint density at radius 1 is 1.17 bits per heavy atom. The van der Waals surface area contributed by atoms with E-state index in [0.29, 0.717) is 16.5 Å². The Bertz CT molecular complexity index is 1060. The first kappa shape index (κ1) is 15.2. The number of ether oxygens (including phenoxy) is 1. The summed E-state index contributed by atoms with van der Waals surface area (Å²) in [6.07, 6.45) is 0. The van der Waals surface area contributed by atoms with Gasteiger partial charge in [-0.3, -0.25) is 9.35 Å². The Balaban J connectivity index is 2.25. The van der Waals surface area contributed by atoms with Gasteiger partial charge >= 0.3 is 0 Å². The van der Waals surface area contributed by atoms with E-state index in [-0.39, 0.29) is 17.1 Å². The van der Waals surface area contributed by atoms with E-state index in [4.69, 9.17) is 4.74 Å². The molecule has 0 amide bonds. The van der Waals surface area contributed by atoms with E-state index < -0.39 is 15.0 Å². The summed E-state index contributed by atoms with van der Waals surface area (Å²) in [5.74, 6) is 0.195. The number of nitrogens with one attached hydrogen (secondary N) is 1. The zero-order valence-corrected chi connectivity index (χ0v) is 12.8. The van der Waals surface area contributed by atoms with Gasteiger partial charge in [0.15, 0.2) is 0 Å². The predicted octanol–water partition coefficient (Wildman–Crippen LogP) is 1.85. The van der Waals surface area contributed by atoms with Crippen molar-refractivity contribution in [3.05, 3.63) is 52.8 Å². The van der Waals surface area contributed by atoms with Crippen molar-refractivity contribution in [3.63, 3.8) is 0 Å². The molecule has 8 heteroatoms. The summed E-state index contributed by atoms with van der Waals surface area (Å²) >= 11 is 0. The fourth-order valence-electron chi connectivity index (χ4n) is 2.25. The summed E-state index contributed by atoms with van der Waals surface area (Å²) in [6, 6.07) is 10.9. The van der Waals surface area contributed by atoms with Gasteiger partial charge in [0.05, 0.1) is 18.0 Å². The van der Waals surface area contributed by atoms with Crippen LogP contribution in [0.25, 0.3) is 22.3 Å². The van der Waals surface area contributed by atoms with Crippen LogP contribution in [0.5, 0.6) is 5.75 Å². The third-order valence-electron chi connectivity index (χ3n) is 3.33. The van der Waals surface area contributed by atoms with Gasteiger partial charge in [-0.1, -0.05) is 12.1 Å². The Morgan fingerprint density at radius 3 is 2.61 bits per heavy atom. The molecule has 0 aliphatic heterocycles. The molecule has 0 bridgehead atoms. The molecule has 0 aliphatic rings. The van der Waals surface area contributed by atoms with E-state index in [9.17, 15) is 17.8 Å². The van der Waals surface area contributed by atoms with Crippen LogP contribution in [-0.4, -0.2) is 30.0 Å². The van der Waals surface area contributed by atoms with Crippen molar-refractivity contribution < 1.29 is 17.7 Å². The number of para-hydroxylation sites is 1. The standard InChI is InChI=1S/C15H12N2O5S/c1-22-12-7-6-9(8-13(12)23(19,20)21)14-16-11-5-3-2-4-10(11)15(18)17-14/h2-8H,1H3,(H,16,17,18)(H,19,20,21). The Hall–Kier alpha value is -2.71. The Morgan fingerprint density at radius 2 is 1.91 bits per heavy atom. The molecule has 0 radical (unpaired) electrons. The minimum absolute atomic E-state index is 0.000568. The van der Waals surface area contributed by atoms with E-state index in [0.717, 1.165) is 0 Å². The highest BCUT2D eigenvalue weighted by atomic mass is 32.2. The predicted molar refractivity (Wildman–Crippen MR) is 84.2 cm³/mol. The number of rotatable bonds is 3. The first-order valence-corrected chi connectivity index (χ1v) is 7.99. The summed E-state index contributed by atoms with van der Waals surface area (Å²) in [6.45, 7) is 0. The second-order valence-corrected chi connectivity index (χ2v) is 6.16. The highest BCUT2D eigenvalue weighted by molar-refractivity contribution is 7.86. The highest BCUT2D eigenvalue weighted by Gasteiger charge is 2.18. The largest absolute Gasteiger partial charge is 0.495 e. The van der Waals surface area contributed by atoms with Gasteiger partial charge in [-0.15, -0.1) is 0 Å². The normalized spacial score (nSPS) is 11.6. The van der Waals surface area contributed by atoms with Gasteiger partial charge in [-0.25, -0.2) is 4.98 Å². The number of nitrogens with zero attached hydrogens (tertiary/aromatic N) is 1. The van der Waals surface area contributed by atoms with Crippen LogP contribution in [0.1, 0.15) is 0 Å². The van der Waals surface area contributed by atoms with Gasteiger partial charge in [-0.05, 0) is 30.3 Å². The smallest absolute Gasteiger partial charge is 0.298 e. The number of benzene rings is 2. The van der Waals surface area contributed by atoms with Crippen molar-refractivity contribution >= 4 is 21.0 Å². The quantitative estimate of drug-likeness (QED) is 0.708. The molecule has 0 aliphatic carbocycles. The summed E-state index contributed by atoms with van der Waals surface area (Å²) in [5, 5.41) is 0.430. The van der Waals surface area contributed by atoms with Crippen molar-refractivity contribution in [1.82, 2.24) is 9.97 Å². The van der Waals surface area contributed by atoms with Gasteiger partial charge in [0.25, 0.3) is 15.7 Å². The summed E-state index contributed by atoms with van der Waals surface area (Å²) in [5.41, 5.74) is 0.478. The molecule has 3 rings (SSSR count). The van der Waals surface area contributed by atoms with Crippen molar-refractivity contribution in [2.75, 3.05) is 7.11 Å². The molecule has 2 aromatic carbocycles. The molecular formula is C15H12N2O5S. The van der Waals surface area contributed by atoms with Crippen LogP contribution in [0.15, 0.2) is 52.2 Å². The first-order chi connectivity index (χ1) is 10.9. The number of fused-ring (bicyclic) bond motifs is 1. The maximum absolute atomic E-state index is 12.1. The fraction of sp³-hybridized carbons (Fsp3) is 0.0667. The van der Waals surface area contributed by atoms with Crippen molar-refractivity contribution in [3.8, 4) is 17.1 Å². The minimum atomic E-state index is -4.47. The zero-order chi connectivity index (χ0) is 16.6. The van der Waals surface area contributed by atoms with Crippen LogP contribution < -0.4 is 10.3 Å². The summed E-state index contributed by atoms with van der Waals surface area (Å²) in [4.78, 5) is 18.6. The Kier molecular flexibility index (Phi) is 3.63. The molecule has 3 aromatic rings. The number of hydrogen-bond acceptors (Lipinski definition) is 5. The maximum atomic E-state index is 12.1. The summed E-state index contributed by atoms with van der Waals surface area (Å²) in [7, 11) is -3.18. The topological polar surface area (TPSA) is 109 Å². The molecule has 0 saturated carbocycles. The lowest BCUT2D eigenvalue weighted by Gasteiger charge is -2.08. The van der Waals surface area contributed by atoms with E-state index in [1.165, 1.54) is 19.2 Å². The third kappa shape index (κ3) is 2.81. The van der Waals surface area contributed by atoms with Gasteiger partial charge in [0, 0.05) is 5.56 Å². The lowest BCUT2D eigenvalue weighted by Crippen LogP contribution is -2.10. The first-order valence-electron chi connectivity index (χ1n) is 6.55. The molecular weight excluding hydrogens is 320 g/mol. The molecule has 0 spiro atoms. The minimum Gasteiger partial charge on any atom is -0.495 e. The number of aromatic nitrogens is 2. The van der Waals surface area contributed by atoms with Crippen LogP contribution in [-0.2, 0) is 10.1 Å². The van der Waals surface area contributed by atoms with E-state index >= 15 is 0 Å². The molecule has 0 atom stereocenters. The summed E-state index contributed by atoms with van der Waals surface area (Å²) < 4.78 is 37.1. The van der Waals surface area contributed by atoms with Crippen LogP contribution in [0.4, 0.5) is 0 Å². The zero-order valence-electron chi connectivity index (χ0n) is 12.0. The fourth-order valence-corrected chi connectivity index (χ4v) is 2.93. The van der Waals surface area contributed by atoms with Crippen molar-refractivity contribution in [2.24, 2.45) is 0 Å². The lowest BCUT2D eigenvalue weighted by molar-refractivity contribution is 0.397. The average Bonchev–Trinajstić information content (AvgIpc) is 2.53. The molecule has 2 N–H and O–H groups in total. The number of methoxy groups -OCH3 is 1. The molecule has 0 fully saturated rings. The highest BCUT2D eigenvalue weighted by Crippen LogP contribution is 2.28. The van der Waals surface area contributed by atoms with Crippen LogP contribution in [0.3, 0.4) is 0 Å². The van der Waals surface area contributed by atoms with E-state index in [1.54, 1.807) is 30.3 Å². The van der Waals surface area contributed by atoms with Gasteiger partial charge in [-0.2, -0.15) is 8.42 Å². The van der Waals surface area contributed by atoms with Crippen LogP contribution in [0, 0.1) is 0 Å². The molecule has 7 nitrogen and oxygen atoms in total. The maximum Gasteiger partial charge on any atom is 0.298 e. The Labute approximate surface area is 131 Å². The number of hydrogen-bond donors (Lipinski definition) is 2. The lowest BCUT2D eigenvalue weighted by atomic mass is 10.2. The van der Waals surface area contributed by atoms with Gasteiger partial charge < -0.3 is 9.72 Å². The van der Waals surface area contributed by atoms with Crippen LogP contribution in [0.2, 0.25) is 0 Å². The second-order valence-electron chi connectivity index (χ2n) is 4.77. The number of H-pyrrole nitrogens is 1. The van der Waals surface area contributed by atoms with Crippen molar-refractivity contribution in [1.29, 1.82) is 0 Å². The van der Waals surface area contributed by atoms with Gasteiger partial charge in [0.2, 0.25) is 0 Å². The monoisotopic (exact) mass is 332 g/mol. The van der Waals surface area contributed by atoms with E-state index in [2.05, 4.69) is 9.97 Å². The number of aromatic amines is 1.